The summed E-state index contributed by atoms with van der Waals surface area (Å²) < 4.78 is 18.7. The van der Waals surface area contributed by atoms with E-state index in [1.165, 1.54) is 77.0 Å². The van der Waals surface area contributed by atoms with Gasteiger partial charge in [0.2, 0.25) is 0 Å². The second kappa shape index (κ2) is 8.77. The summed E-state index contributed by atoms with van der Waals surface area (Å²) in [5.41, 5.74) is 0. The van der Waals surface area contributed by atoms with Crippen LogP contribution in [0.15, 0.2) is 0 Å². The molecule has 10 unspecified atom stereocenters. The largest absolute Gasteiger partial charge is 0.429 e. The fraction of sp³-hybridized carbons (Fsp3) is 1.00. The lowest BCUT2D eigenvalue weighted by Crippen LogP contribution is -2.35. The smallest absolute Gasteiger partial charge is 0.160 e. The lowest BCUT2D eigenvalue weighted by Gasteiger charge is -2.27. The normalized spacial score (nSPS) is 51.6. The SMILES string of the molecule is CCC1C2CCC(CC3CCC([SH+]3)C(CC)C3CCC(CC4CCC1[OH+]4)O3)O2. The van der Waals surface area contributed by atoms with Crippen LogP contribution < -0.4 is 0 Å². The molecule has 0 aliphatic carbocycles. The van der Waals surface area contributed by atoms with E-state index in [0.717, 1.165) is 16.4 Å². The first-order valence-corrected chi connectivity index (χ1v) is 13.5. The number of thiol groups is 1. The van der Waals surface area contributed by atoms with Gasteiger partial charge in [-0.15, -0.1) is 0 Å². The average Bonchev–Trinajstić information content (AvgIpc) is 3.47. The summed E-state index contributed by atoms with van der Waals surface area (Å²) in [5, 5.41) is 1.74. The zero-order chi connectivity index (χ0) is 19.1. The van der Waals surface area contributed by atoms with E-state index >= 15 is 0 Å². The Balaban J connectivity index is 1.33. The molecule has 5 rings (SSSR count). The van der Waals surface area contributed by atoms with Gasteiger partial charge in [0, 0.05) is 31.6 Å². The third-order valence-corrected chi connectivity index (χ3v) is 10.5. The Morgan fingerprint density at radius 3 is 2.21 bits per heavy atom. The average molecular weight is 411 g/mol. The van der Waals surface area contributed by atoms with Crippen molar-refractivity contribution in [1.82, 2.24) is 0 Å². The molecule has 0 amide bonds. The number of fused-ring (bicyclic) bond motifs is 8. The summed E-state index contributed by atoms with van der Waals surface area (Å²) in [6.45, 7) is 4.76. The minimum atomic E-state index is 0.472. The van der Waals surface area contributed by atoms with Crippen molar-refractivity contribution in [3.05, 3.63) is 0 Å². The first-order valence-electron chi connectivity index (χ1n) is 12.4. The van der Waals surface area contributed by atoms with Gasteiger partial charge in [-0.05, 0) is 63.1 Å². The minimum Gasteiger partial charge on any atom is -0.429 e. The zero-order valence-electron chi connectivity index (χ0n) is 18.0. The Labute approximate surface area is 176 Å². The van der Waals surface area contributed by atoms with Gasteiger partial charge in [-0.25, -0.2) is 0 Å². The van der Waals surface area contributed by atoms with Crippen molar-refractivity contribution in [2.24, 2.45) is 11.8 Å². The first kappa shape index (κ1) is 20.2. The molecule has 0 spiro atoms. The van der Waals surface area contributed by atoms with Crippen LogP contribution in [0.4, 0.5) is 0 Å². The van der Waals surface area contributed by atoms with E-state index < -0.39 is 0 Å². The summed E-state index contributed by atoms with van der Waals surface area (Å²) in [6.07, 6.45) is 18.6. The van der Waals surface area contributed by atoms with Crippen molar-refractivity contribution >= 4 is 11.8 Å². The molecule has 5 fully saturated rings. The topological polar surface area (TPSA) is 31.3 Å². The van der Waals surface area contributed by atoms with Gasteiger partial charge in [-0.1, -0.05) is 13.8 Å². The standard InChI is InChI=1S/C24H40O3S/c1-3-19-21-9-5-15(25-21)13-16-6-11-23(26-16)20(4-2)24-12-8-18(28-24)14-17-7-10-22(19)27-17/h15-24H,3-14H2,1-2H3/p+2. The van der Waals surface area contributed by atoms with E-state index in [4.69, 9.17) is 14.2 Å². The summed E-state index contributed by atoms with van der Waals surface area (Å²) in [5.74, 6) is 1.43. The molecule has 1 N–H and O–H groups in total. The van der Waals surface area contributed by atoms with Crippen LogP contribution in [0.5, 0.6) is 0 Å². The van der Waals surface area contributed by atoms with E-state index in [0.29, 0.717) is 42.5 Å². The quantitative estimate of drug-likeness (QED) is 0.501. The highest BCUT2D eigenvalue weighted by molar-refractivity contribution is 7.80. The molecule has 0 aromatic heterocycles. The molecular weight excluding hydrogens is 368 g/mol. The molecule has 28 heavy (non-hydrogen) atoms. The molecule has 5 heterocycles. The van der Waals surface area contributed by atoms with Gasteiger partial charge in [0.1, 0.15) is 10.5 Å². The predicted octanol–water partition coefficient (Wildman–Crippen LogP) is 4.33. The van der Waals surface area contributed by atoms with E-state index in [-0.39, 0.29) is 0 Å². The molecule has 0 aromatic rings. The third-order valence-electron chi connectivity index (χ3n) is 8.63. The molecule has 0 aromatic carbocycles. The van der Waals surface area contributed by atoms with Crippen LogP contribution >= 0.6 is 0 Å². The Morgan fingerprint density at radius 2 is 1.46 bits per heavy atom. The molecule has 160 valence electrons. The summed E-state index contributed by atoms with van der Waals surface area (Å²) in [6, 6.07) is 0. The van der Waals surface area contributed by atoms with Gasteiger partial charge in [-0.3, -0.25) is 0 Å². The van der Waals surface area contributed by atoms with Crippen LogP contribution in [0.2, 0.25) is 0 Å². The Morgan fingerprint density at radius 1 is 0.750 bits per heavy atom. The molecule has 0 radical (unpaired) electrons. The summed E-state index contributed by atoms with van der Waals surface area (Å²) in [4.78, 5) is 0. The number of hydrogen-bond acceptors (Lipinski definition) is 2. The van der Waals surface area contributed by atoms with E-state index in [1.807, 2.05) is 0 Å². The van der Waals surface area contributed by atoms with Gasteiger partial charge >= 0.3 is 0 Å². The van der Waals surface area contributed by atoms with Gasteiger partial charge < -0.3 is 14.2 Å². The van der Waals surface area contributed by atoms with E-state index in [9.17, 15) is 0 Å². The second-order valence-corrected chi connectivity index (χ2v) is 12.0. The second-order valence-electron chi connectivity index (χ2n) is 10.3. The van der Waals surface area contributed by atoms with Crippen molar-refractivity contribution in [2.75, 3.05) is 0 Å². The zero-order valence-corrected chi connectivity index (χ0v) is 18.9. The monoisotopic (exact) mass is 410 g/mol. The van der Waals surface area contributed by atoms with Crippen molar-refractivity contribution < 1.29 is 14.2 Å². The van der Waals surface area contributed by atoms with E-state index in [2.05, 4.69) is 13.8 Å². The van der Waals surface area contributed by atoms with Crippen LogP contribution in [0.3, 0.4) is 0 Å². The maximum absolute atomic E-state index is 6.69. The van der Waals surface area contributed by atoms with Gasteiger partial charge in [0.15, 0.2) is 12.2 Å². The summed E-state index contributed by atoms with van der Waals surface area (Å²) in [7, 11) is 0. The Kier molecular flexibility index (Phi) is 6.31. The highest BCUT2D eigenvalue weighted by Gasteiger charge is 2.48. The third kappa shape index (κ3) is 4.05. The van der Waals surface area contributed by atoms with Crippen LogP contribution in [0.25, 0.3) is 0 Å². The molecule has 0 saturated carbocycles. The number of hydrogen-bond donors (Lipinski definition) is 0. The molecule has 5 saturated heterocycles. The van der Waals surface area contributed by atoms with Crippen LogP contribution in [0.1, 0.15) is 90.9 Å². The van der Waals surface area contributed by atoms with Gasteiger partial charge in [0.05, 0.1) is 30.3 Å². The lowest BCUT2D eigenvalue weighted by atomic mass is 9.89. The number of aliphatic hydroxyl groups is 2. The Hall–Kier alpha value is 0.230. The fourth-order valence-corrected chi connectivity index (χ4v) is 9.31. The molecule has 8 bridgehead atoms. The number of rotatable bonds is 2. The molecule has 5 aliphatic heterocycles. The molecule has 10 atom stereocenters. The van der Waals surface area contributed by atoms with Crippen molar-refractivity contribution in [3.63, 3.8) is 0 Å². The maximum Gasteiger partial charge on any atom is 0.160 e. The van der Waals surface area contributed by atoms with E-state index in [1.54, 1.807) is 11.8 Å². The predicted molar refractivity (Wildman–Crippen MR) is 117 cm³/mol. The number of ether oxygens (including phenoxy) is 3. The molecular formula is C24H42O3S+2. The van der Waals surface area contributed by atoms with Crippen LogP contribution in [-0.4, -0.2) is 51.9 Å². The molecule has 3 nitrogen and oxygen atoms in total. The highest BCUT2D eigenvalue weighted by atomic mass is 32.2. The van der Waals surface area contributed by atoms with Crippen molar-refractivity contribution in [2.45, 2.75) is 138 Å². The molecule has 4 heteroatoms. The molecule has 5 aliphatic rings. The minimum absolute atomic E-state index is 0.472. The maximum atomic E-state index is 6.69. The lowest BCUT2D eigenvalue weighted by molar-refractivity contribution is -0.169. The first-order chi connectivity index (χ1) is 13.7. The Bertz CT molecular complexity index is 442. The fourth-order valence-electron chi connectivity index (χ4n) is 7.19. The van der Waals surface area contributed by atoms with Crippen LogP contribution in [0, 0.1) is 11.8 Å². The highest BCUT2D eigenvalue weighted by Crippen LogP contribution is 2.42. The van der Waals surface area contributed by atoms with Crippen LogP contribution in [-0.2, 0) is 21.2 Å². The van der Waals surface area contributed by atoms with Crippen molar-refractivity contribution in [1.29, 1.82) is 0 Å². The summed E-state index contributed by atoms with van der Waals surface area (Å²) >= 11 is 1.72. The van der Waals surface area contributed by atoms with Gasteiger partial charge in [0.25, 0.3) is 0 Å². The van der Waals surface area contributed by atoms with Gasteiger partial charge in [-0.2, -0.15) is 0 Å². The van der Waals surface area contributed by atoms with Crippen molar-refractivity contribution in [3.8, 4) is 0 Å².